The van der Waals surface area contributed by atoms with Gasteiger partial charge >= 0.3 is 0 Å². The van der Waals surface area contributed by atoms with Crippen molar-refractivity contribution in [2.24, 2.45) is 11.7 Å². The number of rotatable bonds is 4. The summed E-state index contributed by atoms with van der Waals surface area (Å²) in [4.78, 5) is 15.0. The van der Waals surface area contributed by atoms with E-state index in [9.17, 15) is 4.79 Å². The molecule has 1 aromatic rings. The molecule has 0 bridgehead atoms. The quantitative estimate of drug-likeness (QED) is 0.917. The highest BCUT2D eigenvalue weighted by Crippen LogP contribution is 2.23. The Labute approximate surface area is 134 Å². The van der Waals surface area contributed by atoms with E-state index >= 15 is 0 Å². The zero-order valence-electron chi connectivity index (χ0n) is 11.4. The van der Waals surface area contributed by atoms with Crippen LogP contribution in [0.25, 0.3) is 0 Å². The van der Waals surface area contributed by atoms with E-state index in [1.165, 1.54) is 11.3 Å². The van der Waals surface area contributed by atoms with Gasteiger partial charge in [-0.25, -0.2) is 0 Å². The standard InChI is InChI=1S/C13H19ClN2O2S.ClH/c1-16(8-10-2-3-11(14)19-10)13(17)12(15)9-4-6-18-7-5-9;/h2-3,9,12H,4-8,15H2,1H3;1H. The maximum absolute atomic E-state index is 12.3. The molecule has 1 fully saturated rings. The highest BCUT2D eigenvalue weighted by Gasteiger charge is 2.28. The number of nitrogens with zero attached hydrogens (tertiary/aromatic N) is 1. The second kappa shape index (κ2) is 8.20. The van der Waals surface area contributed by atoms with Gasteiger partial charge in [-0.2, -0.15) is 0 Å². The number of ether oxygens (including phenoxy) is 1. The number of halogens is 2. The van der Waals surface area contributed by atoms with Crippen molar-refractivity contribution in [1.29, 1.82) is 0 Å². The van der Waals surface area contributed by atoms with Crippen molar-refractivity contribution in [3.05, 3.63) is 21.3 Å². The molecule has 2 heterocycles. The van der Waals surface area contributed by atoms with Crippen LogP contribution in [0.5, 0.6) is 0 Å². The number of carbonyl (C=O) groups excluding carboxylic acids is 1. The number of nitrogens with two attached hydrogens (primary N) is 1. The van der Waals surface area contributed by atoms with Gasteiger partial charge in [0, 0.05) is 25.1 Å². The van der Waals surface area contributed by atoms with E-state index in [1.807, 2.05) is 12.1 Å². The zero-order chi connectivity index (χ0) is 13.8. The molecule has 2 rings (SSSR count). The molecule has 2 N–H and O–H groups in total. The van der Waals surface area contributed by atoms with Crippen LogP contribution in [0.1, 0.15) is 17.7 Å². The fourth-order valence-corrected chi connectivity index (χ4v) is 3.42. The van der Waals surface area contributed by atoms with Crippen LogP contribution < -0.4 is 5.73 Å². The minimum absolute atomic E-state index is 0. The van der Waals surface area contributed by atoms with Crippen molar-refractivity contribution in [2.75, 3.05) is 20.3 Å². The van der Waals surface area contributed by atoms with Gasteiger partial charge in [-0.1, -0.05) is 11.6 Å². The molecule has 0 radical (unpaired) electrons. The first kappa shape index (κ1) is 17.7. The maximum Gasteiger partial charge on any atom is 0.239 e. The average Bonchev–Trinajstić information content (AvgIpc) is 2.83. The van der Waals surface area contributed by atoms with E-state index < -0.39 is 6.04 Å². The summed E-state index contributed by atoms with van der Waals surface area (Å²) in [5, 5.41) is 0. The van der Waals surface area contributed by atoms with E-state index in [-0.39, 0.29) is 24.2 Å². The molecule has 1 aliphatic heterocycles. The van der Waals surface area contributed by atoms with Gasteiger partial charge in [-0.15, -0.1) is 23.7 Å². The lowest BCUT2D eigenvalue weighted by molar-refractivity contribution is -0.133. The van der Waals surface area contributed by atoms with E-state index in [0.717, 1.165) is 22.1 Å². The van der Waals surface area contributed by atoms with Crippen molar-refractivity contribution < 1.29 is 9.53 Å². The van der Waals surface area contributed by atoms with E-state index in [4.69, 9.17) is 22.1 Å². The fourth-order valence-electron chi connectivity index (χ4n) is 2.28. The van der Waals surface area contributed by atoms with Gasteiger partial charge < -0.3 is 15.4 Å². The molecule has 1 aliphatic rings. The van der Waals surface area contributed by atoms with Crippen molar-refractivity contribution in [3.63, 3.8) is 0 Å². The third kappa shape index (κ3) is 4.60. The van der Waals surface area contributed by atoms with Crippen LogP contribution in [0.2, 0.25) is 4.34 Å². The summed E-state index contributed by atoms with van der Waals surface area (Å²) in [6, 6.07) is 3.36. The van der Waals surface area contributed by atoms with Crippen molar-refractivity contribution in [3.8, 4) is 0 Å². The lowest BCUT2D eigenvalue weighted by atomic mass is 9.91. The summed E-state index contributed by atoms with van der Waals surface area (Å²) < 4.78 is 6.04. The fraction of sp³-hybridized carbons (Fsp3) is 0.615. The molecule has 0 aromatic carbocycles. The van der Waals surface area contributed by atoms with Crippen molar-refractivity contribution in [2.45, 2.75) is 25.4 Å². The molecule has 114 valence electrons. The van der Waals surface area contributed by atoms with Crippen LogP contribution in [0.15, 0.2) is 12.1 Å². The highest BCUT2D eigenvalue weighted by atomic mass is 35.5. The molecule has 1 saturated heterocycles. The third-order valence-corrected chi connectivity index (χ3v) is 4.67. The van der Waals surface area contributed by atoms with Crippen LogP contribution in [-0.4, -0.2) is 37.1 Å². The summed E-state index contributed by atoms with van der Waals surface area (Å²) in [5.41, 5.74) is 6.08. The van der Waals surface area contributed by atoms with E-state index in [1.54, 1.807) is 11.9 Å². The Bertz CT molecular complexity index is 436. The zero-order valence-corrected chi connectivity index (χ0v) is 13.8. The van der Waals surface area contributed by atoms with E-state index in [0.29, 0.717) is 19.8 Å². The van der Waals surface area contributed by atoms with Gasteiger partial charge in [0.2, 0.25) is 5.91 Å². The van der Waals surface area contributed by atoms with Crippen LogP contribution in [-0.2, 0) is 16.1 Å². The molecule has 20 heavy (non-hydrogen) atoms. The van der Waals surface area contributed by atoms with Gasteiger partial charge in [0.05, 0.1) is 16.9 Å². The summed E-state index contributed by atoms with van der Waals surface area (Å²) in [7, 11) is 1.79. The molecule has 0 aliphatic carbocycles. The van der Waals surface area contributed by atoms with Gasteiger partial charge in [0.1, 0.15) is 0 Å². The maximum atomic E-state index is 12.3. The SMILES string of the molecule is CN(Cc1ccc(Cl)s1)C(=O)C(N)C1CCOCC1.Cl. The number of hydrogen-bond donors (Lipinski definition) is 1. The Morgan fingerprint density at radius 3 is 2.75 bits per heavy atom. The molecular weight excluding hydrogens is 319 g/mol. The number of carbonyl (C=O) groups is 1. The highest BCUT2D eigenvalue weighted by molar-refractivity contribution is 7.16. The van der Waals surface area contributed by atoms with Gasteiger partial charge in [-0.3, -0.25) is 4.79 Å². The van der Waals surface area contributed by atoms with Gasteiger partial charge in [-0.05, 0) is 30.9 Å². The normalized spacial score (nSPS) is 17.4. The first-order chi connectivity index (χ1) is 9.08. The molecule has 1 aromatic heterocycles. The summed E-state index contributed by atoms with van der Waals surface area (Å²) in [6.07, 6.45) is 1.73. The first-order valence-electron chi connectivity index (χ1n) is 6.40. The van der Waals surface area contributed by atoms with Crippen molar-refractivity contribution in [1.82, 2.24) is 4.90 Å². The lowest BCUT2D eigenvalue weighted by Gasteiger charge is -2.29. The second-order valence-corrected chi connectivity index (χ2v) is 6.68. The predicted molar refractivity (Wildman–Crippen MR) is 84.6 cm³/mol. The summed E-state index contributed by atoms with van der Waals surface area (Å²) in [5.74, 6) is 0.229. The molecule has 7 heteroatoms. The Morgan fingerprint density at radius 1 is 1.55 bits per heavy atom. The number of amides is 1. The van der Waals surface area contributed by atoms with Crippen molar-refractivity contribution >= 4 is 41.3 Å². The van der Waals surface area contributed by atoms with Gasteiger partial charge in [0.25, 0.3) is 0 Å². The Hall–Kier alpha value is -0.330. The Morgan fingerprint density at radius 2 is 2.20 bits per heavy atom. The van der Waals surface area contributed by atoms with Crippen LogP contribution in [0.4, 0.5) is 0 Å². The average molecular weight is 339 g/mol. The summed E-state index contributed by atoms with van der Waals surface area (Å²) >= 11 is 7.38. The van der Waals surface area contributed by atoms with Crippen LogP contribution in [0.3, 0.4) is 0 Å². The molecule has 0 saturated carbocycles. The number of hydrogen-bond acceptors (Lipinski definition) is 4. The largest absolute Gasteiger partial charge is 0.381 e. The minimum Gasteiger partial charge on any atom is -0.381 e. The smallest absolute Gasteiger partial charge is 0.239 e. The molecular formula is C13H20Cl2N2O2S. The lowest BCUT2D eigenvalue weighted by Crippen LogP contribution is -2.47. The molecule has 4 nitrogen and oxygen atoms in total. The predicted octanol–water partition coefficient (Wildman–Crippen LogP) is 2.54. The molecule has 1 atom stereocenters. The second-order valence-electron chi connectivity index (χ2n) is 4.88. The third-order valence-electron chi connectivity index (χ3n) is 3.46. The first-order valence-corrected chi connectivity index (χ1v) is 7.60. The Kier molecular flexibility index (Phi) is 7.26. The van der Waals surface area contributed by atoms with Crippen LogP contribution >= 0.6 is 35.3 Å². The van der Waals surface area contributed by atoms with Crippen LogP contribution in [0, 0.1) is 5.92 Å². The monoisotopic (exact) mass is 338 g/mol. The minimum atomic E-state index is -0.427. The molecule has 0 spiro atoms. The van der Waals surface area contributed by atoms with E-state index in [2.05, 4.69) is 0 Å². The number of likely N-dealkylation sites (N-methyl/N-ethyl adjacent to an activating group) is 1. The molecule has 1 amide bonds. The topological polar surface area (TPSA) is 55.6 Å². The Balaban J connectivity index is 0.00000200. The molecule has 1 unspecified atom stereocenters. The number of thiophene rings is 1. The van der Waals surface area contributed by atoms with Gasteiger partial charge in [0.15, 0.2) is 0 Å². The summed E-state index contributed by atoms with van der Waals surface area (Å²) in [6.45, 7) is 1.97.